The second-order valence-corrected chi connectivity index (χ2v) is 6.65. The molecule has 1 aromatic heterocycles. The van der Waals surface area contributed by atoms with Crippen LogP contribution in [0.3, 0.4) is 0 Å². The second kappa shape index (κ2) is 10.6. The summed E-state index contributed by atoms with van der Waals surface area (Å²) in [5, 5.41) is 5.72. The Kier molecular flexibility index (Phi) is 8.12. The van der Waals surface area contributed by atoms with Gasteiger partial charge in [0.05, 0.1) is 12.8 Å². The third kappa shape index (κ3) is 6.59. The average Bonchev–Trinajstić information content (AvgIpc) is 2.73. The Morgan fingerprint density at radius 2 is 2.15 bits per heavy atom. The molecular formula is C18H27N5O4. The molecule has 0 bridgehead atoms. The minimum absolute atomic E-state index is 0.109. The van der Waals surface area contributed by atoms with Crippen molar-refractivity contribution in [1.29, 1.82) is 0 Å². The standard InChI is InChI=1S/C18H27N5O4/c1-23-12-14(22-18(26)15-11-19-6-7-20-15)5-3-4-13(10-16(23)24)17(25)21-8-9-27-2/h6-7,11,13-14H,3-5,8-10,12H2,1-2H3,(H,21,25)(H,22,26). The minimum atomic E-state index is -0.369. The number of nitrogens with one attached hydrogen (secondary N) is 2. The predicted molar refractivity (Wildman–Crippen MR) is 97.8 cm³/mol. The van der Waals surface area contributed by atoms with Gasteiger partial charge in [-0.05, 0) is 12.8 Å². The first-order valence-electron chi connectivity index (χ1n) is 9.08. The number of methoxy groups -OCH3 is 1. The largest absolute Gasteiger partial charge is 0.383 e. The van der Waals surface area contributed by atoms with E-state index in [2.05, 4.69) is 20.6 Å². The van der Waals surface area contributed by atoms with E-state index in [0.29, 0.717) is 32.5 Å². The zero-order valence-corrected chi connectivity index (χ0v) is 15.8. The van der Waals surface area contributed by atoms with Crippen molar-refractivity contribution < 1.29 is 19.1 Å². The van der Waals surface area contributed by atoms with Gasteiger partial charge in [0.25, 0.3) is 5.91 Å². The van der Waals surface area contributed by atoms with Gasteiger partial charge in [-0.2, -0.15) is 0 Å². The number of nitrogens with zero attached hydrogens (tertiary/aromatic N) is 3. The van der Waals surface area contributed by atoms with Gasteiger partial charge < -0.3 is 20.3 Å². The molecule has 2 heterocycles. The lowest BCUT2D eigenvalue weighted by Gasteiger charge is -2.24. The fourth-order valence-electron chi connectivity index (χ4n) is 3.04. The zero-order chi connectivity index (χ0) is 19.6. The molecule has 2 unspecified atom stereocenters. The first-order chi connectivity index (χ1) is 13.0. The Morgan fingerprint density at radius 3 is 2.85 bits per heavy atom. The molecular weight excluding hydrogens is 350 g/mol. The van der Waals surface area contributed by atoms with Gasteiger partial charge in [0.15, 0.2) is 0 Å². The highest BCUT2D eigenvalue weighted by molar-refractivity contribution is 5.92. The molecule has 0 spiro atoms. The summed E-state index contributed by atoms with van der Waals surface area (Å²) in [6.07, 6.45) is 6.53. The monoisotopic (exact) mass is 377 g/mol. The maximum atomic E-state index is 12.5. The topological polar surface area (TPSA) is 114 Å². The van der Waals surface area contributed by atoms with E-state index in [1.807, 2.05) is 0 Å². The molecule has 2 atom stereocenters. The number of likely N-dealkylation sites (N-methyl/N-ethyl adjacent to an activating group) is 1. The number of aromatic nitrogens is 2. The molecule has 1 aromatic rings. The lowest BCUT2D eigenvalue weighted by molar-refractivity contribution is -0.135. The van der Waals surface area contributed by atoms with Crippen LogP contribution in [0, 0.1) is 5.92 Å². The van der Waals surface area contributed by atoms with Gasteiger partial charge in [0.2, 0.25) is 11.8 Å². The molecule has 3 amide bonds. The van der Waals surface area contributed by atoms with E-state index in [-0.39, 0.29) is 41.8 Å². The summed E-state index contributed by atoms with van der Waals surface area (Å²) in [5.74, 6) is -0.924. The summed E-state index contributed by atoms with van der Waals surface area (Å²) in [6.45, 7) is 1.25. The first-order valence-corrected chi connectivity index (χ1v) is 9.08. The molecule has 9 heteroatoms. The number of carbonyl (C=O) groups is 3. The molecule has 148 valence electrons. The van der Waals surface area contributed by atoms with Crippen molar-refractivity contribution >= 4 is 17.7 Å². The molecule has 27 heavy (non-hydrogen) atoms. The molecule has 0 saturated carbocycles. The zero-order valence-electron chi connectivity index (χ0n) is 15.8. The maximum absolute atomic E-state index is 12.5. The van der Waals surface area contributed by atoms with Crippen molar-refractivity contribution in [2.45, 2.75) is 31.7 Å². The van der Waals surface area contributed by atoms with E-state index in [1.54, 1.807) is 19.1 Å². The molecule has 1 aliphatic heterocycles. The van der Waals surface area contributed by atoms with Crippen molar-refractivity contribution in [3.63, 3.8) is 0 Å². The van der Waals surface area contributed by atoms with Crippen LogP contribution in [0.25, 0.3) is 0 Å². The van der Waals surface area contributed by atoms with Crippen molar-refractivity contribution in [3.8, 4) is 0 Å². The predicted octanol–water partition coefficient (Wildman–Crippen LogP) is -0.0138. The lowest BCUT2D eigenvalue weighted by atomic mass is 9.96. The highest BCUT2D eigenvalue weighted by atomic mass is 16.5. The van der Waals surface area contributed by atoms with Gasteiger partial charge in [-0.1, -0.05) is 6.42 Å². The van der Waals surface area contributed by atoms with Crippen LogP contribution in [-0.4, -0.2) is 72.5 Å². The van der Waals surface area contributed by atoms with Gasteiger partial charge in [0, 0.05) is 58.0 Å². The average molecular weight is 377 g/mol. The van der Waals surface area contributed by atoms with Gasteiger partial charge in [-0.15, -0.1) is 0 Å². The Labute approximate surface area is 158 Å². The summed E-state index contributed by atoms with van der Waals surface area (Å²) in [4.78, 5) is 46.5. The summed E-state index contributed by atoms with van der Waals surface area (Å²) in [5.41, 5.74) is 0.238. The van der Waals surface area contributed by atoms with Crippen LogP contribution in [0.4, 0.5) is 0 Å². The van der Waals surface area contributed by atoms with Crippen LogP contribution in [0.1, 0.15) is 36.2 Å². The molecule has 1 aliphatic rings. The molecule has 0 radical (unpaired) electrons. The van der Waals surface area contributed by atoms with Crippen LogP contribution in [-0.2, 0) is 14.3 Å². The van der Waals surface area contributed by atoms with Gasteiger partial charge in [-0.25, -0.2) is 4.98 Å². The van der Waals surface area contributed by atoms with E-state index in [4.69, 9.17) is 4.74 Å². The number of hydrogen-bond donors (Lipinski definition) is 2. The van der Waals surface area contributed by atoms with E-state index in [9.17, 15) is 14.4 Å². The summed E-state index contributed by atoms with van der Waals surface area (Å²) >= 11 is 0. The van der Waals surface area contributed by atoms with Gasteiger partial charge >= 0.3 is 0 Å². The molecule has 9 nitrogen and oxygen atoms in total. The van der Waals surface area contributed by atoms with Crippen molar-refractivity contribution in [2.75, 3.05) is 33.9 Å². The molecule has 0 aromatic carbocycles. The number of amides is 3. The van der Waals surface area contributed by atoms with Crippen LogP contribution in [0.5, 0.6) is 0 Å². The number of rotatable bonds is 6. The fourth-order valence-corrected chi connectivity index (χ4v) is 3.04. The Bertz CT molecular complexity index is 640. The van der Waals surface area contributed by atoms with E-state index in [1.165, 1.54) is 18.6 Å². The number of hydrogen-bond acceptors (Lipinski definition) is 6. The smallest absolute Gasteiger partial charge is 0.271 e. The van der Waals surface area contributed by atoms with E-state index < -0.39 is 0 Å². The SMILES string of the molecule is COCCNC(=O)C1CCCC(NC(=O)c2cnccn2)CN(C)C(=O)C1. The molecule has 0 aliphatic carbocycles. The normalized spacial score (nSPS) is 21.0. The third-order valence-electron chi connectivity index (χ3n) is 4.55. The van der Waals surface area contributed by atoms with Crippen molar-refractivity contribution in [2.24, 2.45) is 5.92 Å². The fraction of sp³-hybridized carbons (Fsp3) is 0.611. The van der Waals surface area contributed by atoms with E-state index >= 15 is 0 Å². The van der Waals surface area contributed by atoms with Crippen LogP contribution >= 0.6 is 0 Å². The van der Waals surface area contributed by atoms with Gasteiger partial charge in [0.1, 0.15) is 5.69 Å². The lowest BCUT2D eigenvalue weighted by Crippen LogP contribution is -2.44. The Morgan fingerprint density at radius 1 is 1.33 bits per heavy atom. The molecule has 2 rings (SSSR count). The van der Waals surface area contributed by atoms with Crippen molar-refractivity contribution in [3.05, 3.63) is 24.3 Å². The minimum Gasteiger partial charge on any atom is -0.383 e. The number of carbonyl (C=O) groups excluding carboxylic acids is 3. The van der Waals surface area contributed by atoms with Crippen LogP contribution in [0.2, 0.25) is 0 Å². The molecule has 1 saturated heterocycles. The Balaban J connectivity index is 1.96. The van der Waals surface area contributed by atoms with Gasteiger partial charge in [-0.3, -0.25) is 19.4 Å². The highest BCUT2D eigenvalue weighted by Crippen LogP contribution is 2.19. The number of ether oxygens (including phenoxy) is 1. The van der Waals surface area contributed by atoms with Crippen LogP contribution < -0.4 is 10.6 Å². The molecule has 2 N–H and O–H groups in total. The maximum Gasteiger partial charge on any atom is 0.271 e. The summed E-state index contributed by atoms with van der Waals surface area (Å²) in [6, 6.07) is -0.205. The quantitative estimate of drug-likeness (QED) is 0.674. The highest BCUT2D eigenvalue weighted by Gasteiger charge is 2.27. The van der Waals surface area contributed by atoms with E-state index in [0.717, 1.165) is 6.42 Å². The summed E-state index contributed by atoms with van der Waals surface area (Å²) in [7, 11) is 3.26. The first kappa shape index (κ1) is 20.8. The van der Waals surface area contributed by atoms with Crippen molar-refractivity contribution in [1.82, 2.24) is 25.5 Å². The third-order valence-corrected chi connectivity index (χ3v) is 4.55. The Hall–Kier alpha value is -2.55. The molecule has 1 fully saturated rings. The summed E-state index contributed by atoms with van der Waals surface area (Å²) < 4.78 is 4.93. The second-order valence-electron chi connectivity index (χ2n) is 6.65. The van der Waals surface area contributed by atoms with Crippen LogP contribution in [0.15, 0.2) is 18.6 Å².